The third-order valence-electron chi connectivity index (χ3n) is 5.26. The molecule has 0 aromatic heterocycles. The largest absolute Gasteiger partial charge is 0.497 e. The number of allylic oxidation sites excluding steroid dienone is 1. The van der Waals surface area contributed by atoms with Crippen molar-refractivity contribution in [2.45, 2.75) is 57.3 Å². The Morgan fingerprint density at radius 1 is 1.00 bits per heavy atom. The van der Waals surface area contributed by atoms with Gasteiger partial charge in [-0.15, -0.1) is 24.4 Å². The van der Waals surface area contributed by atoms with E-state index in [1.54, 1.807) is 26.0 Å². The van der Waals surface area contributed by atoms with Crippen LogP contribution < -0.4 is 26.3 Å². The highest BCUT2D eigenvalue weighted by molar-refractivity contribution is 8.02. The van der Waals surface area contributed by atoms with Crippen LogP contribution in [0.15, 0.2) is 52.3 Å². The van der Waals surface area contributed by atoms with Gasteiger partial charge in [0.2, 0.25) is 5.91 Å². The fourth-order valence-corrected chi connectivity index (χ4v) is 3.46. The van der Waals surface area contributed by atoms with E-state index in [1.807, 2.05) is 62.7 Å². The summed E-state index contributed by atoms with van der Waals surface area (Å²) in [7, 11) is 5.26. The predicted octanol–water partition coefficient (Wildman–Crippen LogP) is 4.24. The number of carbonyl (C=O) groups is 1. The molecule has 2 aromatic carbocycles. The molecule has 0 aliphatic rings. The van der Waals surface area contributed by atoms with Crippen molar-refractivity contribution in [1.82, 2.24) is 5.32 Å². The Balaban J connectivity index is -0.000000498. The maximum atomic E-state index is 10.4. The number of ether oxygens (including phenoxy) is 2. The molecule has 10 heteroatoms. The number of aryl methyl sites for hydroxylation is 1. The summed E-state index contributed by atoms with van der Waals surface area (Å²) in [6.45, 7) is 5.41. The van der Waals surface area contributed by atoms with E-state index in [9.17, 15) is 4.79 Å². The van der Waals surface area contributed by atoms with Crippen molar-refractivity contribution >= 4 is 36.0 Å². The highest BCUT2D eigenvalue weighted by Gasteiger charge is 2.09. The first-order valence-electron chi connectivity index (χ1n) is 12.2. The fourth-order valence-electron chi connectivity index (χ4n) is 2.98. The lowest BCUT2D eigenvalue weighted by atomic mass is 10.1. The number of unbranched alkanes of at least 4 members (excludes halogenated alkanes) is 3. The van der Waals surface area contributed by atoms with E-state index < -0.39 is 0 Å². The number of rotatable bonds is 12. The Morgan fingerprint density at radius 2 is 1.63 bits per heavy atom. The van der Waals surface area contributed by atoms with Crippen molar-refractivity contribution in [3.8, 4) is 11.5 Å². The molecule has 0 radical (unpaired) electrons. The van der Waals surface area contributed by atoms with Gasteiger partial charge in [0.25, 0.3) is 0 Å². The van der Waals surface area contributed by atoms with E-state index in [1.165, 1.54) is 32.2 Å². The molecule has 2 aromatic rings. The molecule has 0 fully saturated rings. The molecular weight excluding hydrogens is 522 g/mol. The minimum absolute atomic E-state index is 0. The molecule has 9 N–H and O–H groups in total. The van der Waals surface area contributed by atoms with Gasteiger partial charge in [-0.3, -0.25) is 4.79 Å². The van der Waals surface area contributed by atoms with Crippen LogP contribution in [0.1, 0.15) is 57.1 Å². The normalized spacial score (nSPS) is 10.2. The first-order valence-corrected chi connectivity index (χ1v) is 13.8. The van der Waals surface area contributed by atoms with E-state index in [-0.39, 0.29) is 16.9 Å². The molecule has 0 heterocycles. The van der Waals surface area contributed by atoms with E-state index in [2.05, 4.69) is 24.9 Å². The molecule has 0 atom stereocenters. The van der Waals surface area contributed by atoms with Gasteiger partial charge in [-0.1, -0.05) is 38.3 Å². The van der Waals surface area contributed by atoms with E-state index in [4.69, 9.17) is 20.9 Å². The lowest BCUT2D eigenvalue weighted by molar-refractivity contribution is -0.117. The standard InChI is InChI=1S/C12H17NO2S.C9H11NOS.C7H17N.2H2O/c1-8(16-4)12(13)10-6-5-9(14-2)7-11(10)15-3;10-9(11)6-3-7-1-4-8(12)5-2-7;1-3-4-5-6-7-8-2;;/h5-7H,13H2,1-4H3;1-2,4-5,12H,3,6H2,(H2,10,11);8H,3-7H2,1-2H3;2*1H2/b12-8-;;;;. The second kappa shape index (κ2) is 24.9. The molecule has 0 bridgehead atoms. The number of amides is 1. The van der Waals surface area contributed by atoms with E-state index in [0.29, 0.717) is 12.8 Å². The molecule has 0 saturated carbocycles. The zero-order chi connectivity index (χ0) is 27.3. The molecule has 2 rings (SSSR count). The van der Waals surface area contributed by atoms with Gasteiger partial charge in [0.1, 0.15) is 11.5 Å². The monoisotopic (exact) mass is 571 g/mol. The number of nitrogens with one attached hydrogen (secondary N) is 1. The summed E-state index contributed by atoms with van der Waals surface area (Å²) in [4.78, 5) is 12.4. The zero-order valence-electron chi connectivity index (χ0n) is 23.7. The Labute approximate surface area is 239 Å². The fraction of sp³-hybridized carbons (Fsp3) is 0.464. The van der Waals surface area contributed by atoms with E-state index >= 15 is 0 Å². The van der Waals surface area contributed by atoms with Crippen molar-refractivity contribution in [1.29, 1.82) is 0 Å². The molecule has 0 aliphatic heterocycles. The van der Waals surface area contributed by atoms with Gasteiger partial charge in [-0.2, -0.15) is 0 Å². The third-order valence-corrected chi connectivity index (χ3v) is 6.39. The summed E-state index contributed by atoms with van der Waals surface area (Å²) in [5.41, 5.74) is 13.8. The molecule has 218 valence electrons. The summed E-state index contributed by atoms with van der Waals surface area (Å²) in [5, 5.41) is 3.13. The smallest absolute Gasteiger partial charge is 0.217 e. The number of hydrogen-bond acceptors (Lipinski definition) is 7. The van der Waals surface area contributed by atoms with Crippen LogP contribution in [0.4, 0.5) is 0 Å². The van der Waals surface area contributed by atoms with Crippen LogP contribution in [-0.4, -0.2) is 50.9 Å². The lowest BCUT2D eigenvalue weighted by Gasteiger charge is -2.12. The van der Waals surface area contributed by atoms with Crippen molar-refractivity contribution in [2.75, 3.05) is 34.1 Å². The first-order chi connectivity index (χ1) is 17.2. The van der Waals surface area contributed by atoms with Crippen LogP contribution in [0.25, 0.3) is 5.70 Å². The summed E-state index contributed by atoms with van der Waals surface area (Å²) < 4.78 is 10.4. The number of carbonyl (C=O) groups excluding carboxylic acids is 1. The summed E-state index contributed by atoms with van der Waals surface area (Å²) in [6.07, 6.45) is 8.57. The molecule has 0 saturated heterocycles. The first kappa shape index (κ1) is 40.1. The van der Waals surface area contributed by atoms with Crippen LogP contribution >= 0.6 is 24.4 Å². The molecule has 0 aliphatic carbocycles. The Bertz CT molecular complexity index is 904. The highest BCUT2D eigenvalue weighted by Crippen LogP contribution is 2.31. The van der Waals surface area contributed by atoms with Crippen LogP contribution in [0, 0.1) is 0 Å². The quantitative estimate of drug-likeness (QED) is 0.220. The van der Waals surface area contributed by atoms with Crippen LogP contribution in [0.2, 0.25) is 0 Å². The third kappa shape index (κ3) is 18.0. The Hall–Kier alpha value is -2.37. The lowest BCUT2D eigenvalue weighted by Crippen LogP contribution is -2.11. The number of methoxy groups -OCH3 is 2. The van der Waals surface area contributed by atoms with Crippen LogP contribution in [-0.2, 0) is 11.2 Å². The minimum Gasteiger partial charge on any atom is -0.497 e. The van der Waals surface area contributed by atoms with Crippen LogP contribution in [0.3, 0.4) is 0 Å². The van der Waals surface area contributed by atoms with Crippen molar-refractivity contribution in [3.63, 3.8) is 0 Å². The molecule has 8 nitrogen and oxygen atoms in total. The van der Waals surface area contributed by atoms with Gasteiger partial charge in [0.15, 0.2) is 0 Å². The van der Waals surface area contributed by atoms with Gasteiger partial charge in [-0.25, -0.2) is 0 Å². The van der Waals surface area contributed by atoms with Gasteiger partial charge in [-0.05, 0) is 69.4 Å². The average molecular weight is 572 g/mol. The average Bonchev–Trinajstić information content (AvgIpc) is 2.90. The SMILES string of the molecule is CCCCCCNC.COc1ccc(/C(N)=C(\C)SC)c(OC)c1.NC(=O)CCc1ccc(S)cc1.O.O. The molecule has 38 heavy (non-hydrogen) atoms. The Morgan fingerprint density at radius 3 is 2.11 bits per heavy atom. The molecule has 0 unspecified atom stereocenters. The van der Waals surface area contributed by atoms with Crippen molar-refractivity contribution in [3.05, 3.63) is 58.5 Å². The number of benzene rings is 2. The predicted molar refractivity (Wildman–Crippen MR) is 166 cm³/mol. The van der Waals surface area contributed by atoms with Crippen LogP contribution in [0.5, 0.6) is 11.5 Å². The van der Waals surface area contributed by atoms with Gasteiger partial charge < -0.3 is 37.2 Å². The number of hydrogen-bond donors (Lipinski definition) is 4. The molecular formula is C28H49N3O5S2. The van der Waals surface area contributed by atoms with Gasteiger partial charge >= 0.3 is 0 Å². The number of primary amides is 1. The Kier molecular flexibility index (Phi) is 26.3. The summed E-state index contributed by atoms with van der Waals surface area (Å²) >= 11 is 5.77. The van der Waals surface area contributed by atoms with E-state index in [0.717, 1.165) is 38.1 Å². The summed E-state index contributed by atoms with van der Waals surface area (Å²) in [6, 6.07) is 13.3. The number of thiol groups is 1. The molecule has 0 spiro atoms. The highest BCUT2D eigenvalue weighted by atomic mass is 32.2. The van der Waals surface area contributed by atoms with Crippen molar-refractivity contribution < 1.29 is 25.2 Å². The number of nitrogens with two attached hydrogens (primary N) is 2. The molecule has 1 amide bonds. The number of thioether (sulfide) groups is 1. The second-order valence-corrected chi connectivity index (χ2v) is 9.57. The van der Waals surface area contributed by atoms with Crippen molar-refractivity contribution in [2.24, 2.45) is 11.5 Å². The van der Waals surface area contributed by atoms with Gasteiger partial charge in [0.05, 0.1) is 19.9 Å². The second-order valence-electron chi connectivity index (χ2n) is 8.04. The minimum atomic E-state index is -0.259. The summed E-state index contributed by atoms with van der Waals surface area (Å²) in [5.74, 6) is 1.23. The topological polar surface area (TPSA) is 163 Å². The maximum Gasteiger partial charge on any atom is 0.217 e. The maximum absolute atomic E-state index is 10.4. The van der Waals surface area contributed by atoms with Gasteiger partial charge in [0, 0.05) is 27.9 Å². The zero-order valence-corrected chi connectivity index (χ0v) is 25.4.